The molecule has 4 rings (SSSR count). The Hall–Kier alpha value is -3.42. The number of carbonyl (C=O) groups is 3. The second-order valence-corrected chi connectivity index (χ2v) is 7.30. The van der Waals surface area contributed by atoms with Crippen molar-refractivity contribution >= 4 is 23.5 Å². The lowest BCUT2D eigenvalue weighted by Gasteiger charge is -2.30. The molecule has 8 nitrogen and oxygen atoms in total. The first kappa shape index (κ1) is 18.0. The molecule has 28 heavy (non-hydrogen) atoms. The molecule has 0 radical (unpaired) electrons. The summed E-state index contributed by atoms with van der Waals surface area (Å²) in [6.45, 7) is 3.66. The average molecular weight is 380 g/mol. The van der Waals surface area contributed by atoms with Crippen molar-refractivity contribution in [2.45, 2.75) is 19.8 Å². The highest BCUT2D eigenvalue weighted by Gasteiger charge is 2.32. The van der Waals surface area contributed by atoms with Gasteiger partial charge in [-0.15, -0.1) is 0 Å². The third-order valence-electron chi connectivity index (χ3n) is 5.40. The number of rotatable bonds is 2. The minimum Gasteiger partial charge on any atom is -0.384 e. The highest BCUT2D eigenvalue weighted by Crippen LogP contribution is 2.23. The third-order valence-corrected chi connectivity index (χ3v) is 5.40. The maximum absolute atomic E-state index is 12.7. The molecule has 1 fully saturated rings. The number of imide groups is 1. The Bertz CT molecular complexity index is 1050. The van der Waals surface area contributed by atoms with Crippen LogP contribution < -0.4 is 16.6 Å². The van der Waals surface area contributed by atoms with E-state index in [0.29, 0.717) is 17.2 Å². The van der Waals surface area contributed by atoms with Crippen molar-refractivity contribution in [3.05, 3.63) is 57.4 Å². The number of fused-ring (bicyclic) bond motifs is 1. The van der Waals surface area contributed by atoms with Gasteiger partial charge in [-0.25, -0.2) is 0 Å². The lowest BCUT2D eigenvalue weighted by atomic mass is 9.98. The number of carbonyl (C=O) groups excluding carboxylic acids is 3. The molecule has 0 unspecified atom stereocenters. The number of pyridine rings is 1. The Labute approximate surface area is 160 Å². The van der Waals surface area contributed by atoms with Crippen molar-refractivity contribution in [1.29, 1.82) is 0 Å². The summed E-state index contributed by atoms with van der Waals surface area (Å²) in [7, 11) is 0. The predicted molar refractivity (Wildman–Crippen MR) is 103 cm³/mol. The fourth-order valence-electron chi connectivity index (χ4n) is 3.69. The predicted octanol–water partition coefficient (Wildman–Crippen LogP) is 1.18. The van der Waals surface area contributed by atoms with E-state index in [1.165, 1.54) is 0 Å². The number of nitrogens with one attached hydrogen (secondary N) is 1. The molecule has 0 spiro atoms. The standard InChI is InChI=1S/C20H20N4O4/c1-11-6-8-23(9-7-11)20(28)12-2-4-13(5-3-12)24-15(25)10-14-16(17(24)21)19(27)22-18(14)26/h2-5,10-11H,6-9,21H2,1H3,(H,22,26,27). The van der Waals surface area contributed by atoms with Crippen LogP contribution in [-0.4, -0.2) is 40.3 Å². The highest BCUT2D eigenvalue weighted by atomic mass is 16.2. The van der Waals surface area contributed by atoms with E-state index in [4.69, 9.17) is 5.73 Å². The van der Waals surface area contributed by atoms with Gasteiger partial charge in [-0.2, -0.15) is 0 Å². The number of likely N-dealkylation sites (tertiary alicyclic amines) is 1. The molecular weight excluding hydrogens is 360 g/mol. The summed E-state index contributed by atoms with van der Waals surface area (Å²) in [6, 6.07) is 7.59. The van der Waals surface area contributed by atoms with Crippen molar-refractivity contribution in [2.24, 2.45) is 5.92 Å². The molecule has 3 N–H and O–H groups in total. The Morgan fingerprint density at radius 2 is 1.71 bits per heavy atom. The monoisotopic (exact) mass is 380 g/mol. The van der Waals surface area contributed by atoms with E-state index in [9.17, 15) is 19.2 Å². The molecule has 2 aliphatic heterocycles. The van der Waals surface area contributed by atoms with Gasteiger partial charge in [0, 0.05) is 24.7 Å². The summed E-state index contributed by atoms with van der Waals surface area (Å²) in [5.41, 5.74) is 6.42. The lowest BCUT2D eigenvalue weighted by Crippen LogP contribution is -2.37. The molecule has 3 amide bonds. The number of anilines is 1. The van der Waals surface area contributed by atoms with Gasteiger partial charge in [0.25, 0.3) is 23.3 Å². The zero-order valence-electron chi connectivity index (χ0n) is 15.4. The van der Waals surface area contributed by atoms with E-state index >= 15 is 0 Å². The van der Waals surface area contributed by atoms with Crippen molar-refractivity contribution in [1.82, 2.24) is 14.8 Å². The highest BCUT2D eigenvalue weighted by molar-refractivity contribution is 6.23. The van der Waals surface area contributed by atoms with Gasteiger partial charge in [0.15, 0.2) is 0 Å². The van der Waals surface area contributed by atoms with Crippen LogP contribution in [0.5, 0.6) is 0 Å². The van der Waals surface area contributed by atoms with Crippen molar-refractivity contribution in [3.63, 3.8) is 0 Å². The summed E-state index contributed by atoms with van der Waals surface area (Å²) in [5, 5.41) is 2.13. The maximum atomic E-state index is 12.7. The molecule has 0 atom stereocenters. The van der Waals surface area contributed by atoms with E-state index in [2.05, 4.69) is 12.2 Å². The van der Waals surface area contributed by atoms with Crippen molar-refractivity contribution < 1.29 is 14.4 Å². The third kappa shape index (κ3) is 2.87. The van der Waals surface area contributed by atoms with Crippen LogP contribution in [0.25, 0.3) is 5.69 Å². The van der Waals surface area contributed by atoms with Gasteiger partial charge < -0.3 is 10.6 Å². The number of hydrogen-bond donors (Lipinski definition) is 2. The zero-order chi connectivity index (χ0) is 20.0. The van der Waals surface area contributed by atoms with Gasteiger partial charge in [-0.3, -0.25) is 29.1 Å². The molecule has 2 aliphatic rings. The van der Waals surface area contributed by atoms with Crippen LogP contribution in [0.3, 0.4) is 0 Å². The second-order valence-electron chi connectivity index (χ2n) is 7.30. The molecule has 2 aromatic rings. The molecule has 1 aromatic carbocycles. The van der Waals surface area contributed by atoms with Gasteiger partial charge in [-0.1, -0.05) is 6.92 Å². The van der Waals surface area contributed by atoms with Crippen LogP contribution in [0.4, 0.5) is 5.82 Å². The van der Waals surface area contributed by atoms with Crippen molar-refractivity contribution in [3.8, 4) is 5.69 Å². The first-order chi connectivity index (χ1) is 13.4. The van der Waals surface area contributed by atoms with Gasteiger partial charge in [0.05, 0.1) is 16.8 Å². The van der Waals surface area contributed by atoms with Crippen molar-refractivity contribution in [2.75, 3.05) is 18.8 Å². The molecule has 0 aliphatic carbocycles. The Morgan fingerprint density at radius 3 is 2.36 bits per heavy atom. The number of nitrogen functional groups attached to an aromatic ring is 1. The van der Waals surface area contributed by atoms with E-state index < -0.39 is 17.4 Å². The smallest absolute Gasteiger partial charge is 0.262 e. The molecule has 0 saturated carbocycles. The molecule has 1 aromatic heterocycles. The zero-order valence-corrected chi connectivity index (χ0v) is 15.4. The topological polar surface area (TPSA) is 114 Å². The Kier molecular flexibility index (Phi) is 4.26. The minimum absolute atomic E-state index is 0.00723. The van der Waals surface area contributed by atoms with Crippen LogP contribution in [0.15, 0.2) is 35.1 Å². The van der Waals surface area contributed by atoms with E-state index in [-0.39, 0.29) is 22.9 Å². The summed E-state index contributed by atoms with van der Waals surface area (Å²) in [4.78, 5) is 50.7. The minimum atomic E-state index is -0.632. The Morgan fingerprint density at radius 1 is 1.07 bits per heavy atom. The number of benzene rings is 1. The molecule has 0 bridgehead atoms. The molecule has 1 saturated heterocycles. The normalized spacial score (nSPS) is 16.8. The van der Waals surface area contributed by atoms with E-state index in [0.717, 1.165) is 36.6 Å². The van der Waals surface area contributed by atoms with Gasteiger partial charge in [0.1, 0.15) is 5.82 Å². The summed E-state index contributed by atoms with van der Waals surface area (Å²) < 4.78 is 1.16. The largest absolute Gasteiger partial charge is 0.384 e. The Balaban J connectivity index is 1.66. The van der Waals surface area contributed by atoms with Gasteiger partial charge in [0.2, 0.25) is 0 Å². The van der Waals surface area contributed by atoms with Crippen LogP contribution >= 0.6 is 0 Å². The van der Waals surface area contributed by atoms with Crippen LogP contribution in [-0.2, 0) is 0 Å². The molecule has 144 valence electrons. The molecular formula is C20H20N4O4. The van der Waals surface area contributed by atoms with Crippen LogP contribution in [0, 0.1) is 5.92 Å². The maximum Gasteiger partial charge on any atom is 0.262 e. The number of amides is 3. The fraction of sp³-hybridized carbons (Fsp3) is 0.300. The van der Waals surface area contributed by atoms with Crippen LogP contribution in [0.2, 0.25) is 0 Å². The fourth-order valence-corrected chi connectivity index (χ4v) is 3.69. The second kappa shape index (κ2) is 6.63. The summed E-state index contributed by atoms with van der Waals surface area (Å²) >= 11 is 0. The quantitative estimate of drug-likeness (QED) is 0.759. The first-order valence-electron chi connectivity index (χ1n) is 9.17. The van der Waals surface area contributed by atoms with Crippen LogP contribution in [0.1, 0.15) is 50.8 Å². The number of piperidine rings is 1. The number of hydrogen-bond acceptors (Lipinski definition) is 5. The first-order valence-corrected chi connectivity index (χ1v) is 9.17. The SMILES string of the molecule is CC1CCN(C(=O)c2ccc(-n3c(N)c4c(cc3=O)C(=O)NC4=O)cc2)CC1. The van der Waals surface area contributed by atoms with E-state index in [1.54, 1.807) is 24.3 Å². The van der Waals surface area contributed by atoms with Gasteiger partial charge in [-0.05, 0) is 43.0 Å². The van der Waals surface area contributed by atoms with Gasteiger partial charge >= 0.3 is 0 Å². The average Bonchev–Trinajstić information content (AvgIpc) is 2.96. The molecule has 8 heteroatoms. The summed E-state index contributed by atoms with van der Waals surface area (Å²) in [6.07, 6.45) is 1.98. The number of nitrogens with two attached hydrogens (primary N) is 1. The van der Waals surface area contributed by atoms with E-state index in [1.807, 2.05) is 4.90 Å². The number of aromatic nitrogens is 1. The molecule has 3 heterocycles. The number of nitrogens with zero attached hydrogens (tertiary/aromatic N) is 2. The lowest BCUT2D eigenvalue weighted by molar-refractivity contribution is 0.0696. The summed E-state index contributed by atoms with van der Waals surface area (Å²) in [5.74, 6) is -0.775.